The molecule has 0 aliphatic heterocycles. The molecule has 20 heavy (non-hydrogen) atoms. The normalized spacial score (nSPS) is 9.75. The fourth-order valence-electron chi connectivity index (χ4n) is 1.66. The maximum atomic E-state index is 13.0. The van der Waals surface area contributed by atoms with Gasteiger partial charge in [-0.3, -0.25) is 0 Å². The van der Waals surface area contributed by atoms with E-state index in [9.17, 15) is 8.78 Å². The lowest BCUT2D eigenvalue weighted by molar-refractivity contribution is 0.302. The summed E-state index contributed by atoms with van der Waals surface area (Å²) in [6.07, 6.45) is 0. The molecule has 0 radical (unpaired) electrons. The van der Waals surface area contributed by atoms with Gasteiger partial charge in [0, 0.05) is 23.8 Å². The van der Waals surface area contributed by atoms with Gasteiger partial charge in [0.1, 0.15) is 30.6 Å². The number of rotatable bonds is 3. The van der Waals surface area contributed by atoms with Crippen molar-refractivity contribution in [1.82, 2.24) is 0 Å². The first-order valence-corrected chi connectivity index (χ1v) is 5.95. The first kappa shape index (κ1) is 14.0. The van der Waals surface area contributed by atoms with E-state index in [1.165, 1.54) is 0 Å². The maximum Gasteiger partial charge on any atom is 0.129 e. The molecule has 0 bridgehead atoms. The fourth-order valence-corrected chi connectivity index (χ4v) is 1.66. The number of halogens is 2. The van der Waals surface area contributed by atoms with Crippen molar-refractivity contribution in [2.45, 2.75) is 6.61 Å². The van der Waals surface area contributed by atoms with Gasteiger partial charge in [0.2, 0.25) is 0 Å². The van der Waals surface area contributed by atoms with Crippen molar-refractivity contribution in [3.8, 4) is 17.6 Å². The average molecular weight is 274 g/mol. The Morgan fingerprint density at radius 1 is 1.05 bits per heavy atom. The molecule has 0 aliphatic carbocycles. The number of aliphatic hydroxyl groups is 1. The summed E-state index contributed by atoms with van der Waals surface area (Å²) < 4.78 is 31.3. The molecule has 0 amide bonds. The summed E-state index contributed by atoms with van der Waals surface area (Å²) in [6, 6.07) is 10.2. The number of hydrogen-bond acceptors (Lipinski definition) is 2. The third-order valence-electron chi connectivity index (χ3n) is 2.48. The molecule has 2 aromatic carbocycles. The molecule has 2 nitrogen and oxygen atoms in total. The van der Waals surface area contributed by atoms with Crippen LogP contribution < -0.4 is 4.74 Å². The van der Waals surface area contributed by atoms with E-state index in [1.54, 1.807) is 18.2 Å². The standard InChI is InChI=1S/C16H12F2O2/c17-14-8-15(18)10-16(9-14)20-11-13-4-1-3-12(7-13)5-2-6-19/h1,3-4,7-10,19H,6,11H2. The Balaban J connectivity index is 2.07. The van der Waals surface area contributed by atoms with Crippen molar-refractivity contribution >= 4 is 0 Å². The van der Waals surface area contributed by atoms with E-state index in [-0.39, 0.29) is 19.0 Å². The van der Waals surface area contributed by atoms with Crippen LogP contribution in [0.2, 0.25) is 0 Å². The van der Waals surface area contributed by atoms with E-state index >= 15 is 0 Å². The summed E-state index contributed by atoms with van der Waals surface area (Å²) in [4.78, 5) is 0. The Hall–Kier alpha value is -2.38. The van der Waals surface area contributed by atoms with Crippen LogP contribution in [-0.2, 0) is 6.61 Å². The fraction of sp³-hybridized carbons (Fsp3) is 0.125. The van der Waals surface area contributed by atoms with E-state index < -0.39 is 11.6 Å². The molecule has 0 aromatic heterocycles. The van der Waals surface area contributed by atoms with E-state index in [2.05, 4.69) is 11.8 Å². The van der Waals surface area contributed by atoms with E-state index in [0.717, 1.165) is 29.3 Å². The third kappa shape index (κ3) is 4.08. The van der Waals surface area contributed by atoms with Crippen molar-refractivity contribution in [3.63, 3.8) is 0 Å². The highest BCUT2D eigenvalue weighted by Crippen LogP contribution is 2.17. The van der Waals surface area contributed by atoms with Crippen LogP contribution >= 0.6 is 0 Å². The summed E-state index contributed by atoms with van der Waals surface area (Å²) in [5, 5.41) is 8.63. The van der Waals surface area contributed by atoms with Gasteiger partial charge >= 0.3 is 0 Å². The summed E-state index contributed by atoms with van der Waals surface area (Å²) in [6.45, 7) is -0.0269. The molecule has 0 heterocycles. The zero-order valence-corrected chi connectivity index (χ0v) is 10.6. The van der Waals surface area contributed by atoms with Gasteiger partial charge in [0.15, 0.2) is 0 Å². The second kappa shape index (κ2) is 6.69. The number of hydrogen-bond donors (Lipinski definition) is 1. The molecule has 0 aliphatic rings. The lowest BCUT2D eigenvalue weighted by Crippen LogP contribution is -1.97. The van der Waals surface area contributed by atoms with Gasteiger partial charge in [-0.1, -0.05) is 24.0 Å². The van der Waals surface area contributed by atoms with Crippen molar-refractivity contribution in [3.05, 3.63) is 65.2 Å². The summed E-state index contributed by atoms with van der Waals surface area (Å²) in [5.74, 6) is 4.10. The minimum atomic E-state index is -0.678. The van der Waals surface area contributed by atoms with Crippen LogP contribution in [0.5, 0.6) is 5.75 Å². The smallest absolute Gasteiger partial charge is 0.129 e. The van der Waals surface area contributed by atoms with Crippen LogP contribution in [0.1, 0.15) is 11.1 Å². The molecular formula is C16H12F2O2. The van der Waals surface area contributed by atoms with Crippen LogP contribution in [0.15, 0.2) is 42.5 Å². The van der Waals surface area contributed by atoms with Crippen LogP contribution in [-0.4, -0.2) is 11.7 Å². The van der Waals surface area contributed by atoms with Crippen LogP contribution in [0.25, 0.3) is 0 Å². The second-order valence-electron chi connectivity index (χ2n) is 4.05. The van der Waals surface area contributed by atoms with Gasteiger partial charge in [-0.25, -0.2) is 8.78 Å². The molecule has 0 saturated carbocycles. The molecule has 0 saturated heterocycles. The average Bonchev–Trinajstić information content (AvgIpc) is 2.42. The van der Waals surface area contributed by atoms with Gasteiger partial charge in [0.25, 0.3) is 0 Å². The Bertz CT molecular complexity index is 637. The zero-order chi connectivity index (χ0) is 14.4. The first-order chi connectivity index (χ1) is 9.67. The summed E-state index contributed by atoms with van der Waals surface area (Å²) in [7, 11) is 0. The van der Waals surface area contributed by atoms with Crippen LogP contribution in [0.4, 0.5) is 8.78 Å². The molecular weight excluding hydrogens is 262 g/mol. The molecule has 2 aromatic rings. The molecule has 0 spiro atoms. The topological polar surface area (TPSA) is 29.5 Å². The zero-order valence-electron chi connectivity index (χ0n) is 10.6. The SMILES string of the molecule is OCC#Cc1cccc(COc2cc(F)cc(F)c2)c1. The van der Waals surface area contributed by atoms with Gasteiger partial charge in [-0.05, 0) is 17.7 Å². The van der Waals surface area contributed by atoms with E-state index in [4.69, 9.17) is 9.84 Å². The molecule has 0 fully saturated rings. The van der Waals surface area contributed by atoms with Crippen LogP contribution in [0.3, 0.4) is 0 Å². The summed E-state index contributed by atoms with van der Waals surface area (Å²) in [5.41, 5.74) is 1.56. The molecule has 2 rings (SSSR count). The highest BCUT2D eigenvalue weighted by atomic mass is 19.1. The Morgan fingerprint density at radius 3 is 2.50 bits per heavy atom. The van der Waals surface area contributed by atoms with Crippen molar-refractivity contribution < 1.29 is 18.6 Å². The predicted molar refractivity (Wildman–Crippen MR) is 71.1 cm³/mol. The molecule has 102 valence electrons. The molecule has 1 N–H and O–H groups in total. The number of ether oxygens (including phenoxy) is 1. The minimum Gasteiger partial charge on any atom is -0.489 e. The summed E-state index contributed by atoms with van der Waals surface area (Å²) >= 11 is 0. The van der Waals surface area contributed by atoms with Crippen molar-refractivity contribution in [1.29, 1.82) is 0 Å². The predicted octanol–water partition coefficient (Wildman–Crippen LogP) is 2.89. The Kier molecular flexibility index (Phi) is 4.70. The highest BCUT2D eigenvalue weighted by molar-refractivity contribution is 5.37. The van der Waals surface area contributed by atoms with E-state index in [0.29, 0.717) is 0 Å². The number of benzene rings is 2. The molecule has 4 heteroatoms. The third-order valence-corrected chi connectivity index (χ3v) is 2.48. The number of aliphatic hydroxyl groups excluding tert-OH is 1. The largest absolute Gasteiger partial charge is 0.489 e. The minimum absolute atomic E-state index is 0.134. The van der Waals surface area contributed by atoms with Gasteiger partial charge in [0.05, 0.1) is 0 Å². The van der Waals surface area contributed by atoms with Gasteiger partial charge in [-0.15, -0.1) is 0 Å². The lowest BCUT2D eigenvalue weighted by Gasteiger charge is -2.07. The molecule has 0 unspecified atom stereocenters. The Morgan fingerprint density at radius 2 is 1.80 bits per heavy atom. The maximum absolute atomic E-state index is 13.0. The van der Waals surface area contributed by atoms with Crippen LogP contribution in [0, 0.1) is 23.5 Å². The second-order valence-corrected chi connectivity index (χ2v) is 4.05. The first-order valence-electron chi connectivity index (χ1n) is 5.95. The molecule has 0 atom stereocenters. The van der Waals surface area contributed by atoms with Gasteiger partial charge < -0.3 is 9.84 Å². The van der Waals surface area contributed by atoms with E-state index in [1.807, 2.05) is 6.07 Å². The van der Waals surface area contributed by atoms with Gasteiger partial charge in [-0.2, -0.15) is 0 Å². The monoisotopic (exact) mass is 274 g/mol. The van der Waals surface area contributed by atoms with Crippen molar-refractivity contribution in [2.75, 3.05) is 6.61 Å². The van der Waals surface area contributed by atoms with Crippen molar-refractivity contribution in [2.24, 2.45) is 0 Å². The highest BCUT2D eigenvalue weighted by Gasteiger charge is 2.02. The Labute approximate surface area is 115 Å². The lowest BCUT2D eigenvalue weighted by atomic mass is 10.1. The quantitative estimate of drug-likeness (QED) is 0.872.